The first kappa shape index (κ1) is 18.8. The van der Waals surface area contributed by atoms with Gasteiger partial charge in [-0.2, -0.15) is 0 Å². The van der Waals surface area contributed by atoms with Gasteiger partial charge in [0.05, 0.1) is 17.7 Å². The lowest BCUT2D eigenvalue weighted by Gasteiger charge is -2.22. The molecule has 0 saturated carbocycles. The van der Waals surface area contributed by atoms with Crippen molar-refractivity contribution in [3.8, 4) is 0 Å². The maximum absolute atomic E-state index is 12.3. The van der Waals surface area contributed by atoms with E-state index in [9.17, 15) is 9.59 Å². The quantitative estimate of drug-likeness (QED) is 0.755. The molecule has 132 valence electrons. The number of hydrogen-bond acceptors (Lipinski definition) is 5. The zero-order chi connectivity index (χ0) is 17.1. The second-order valence-corrected chi connectivity index (χ2v) is 5.68. The standard InChI is InChI=1S/C18H18N2O4.ClH/c1-20(2)13(16-8-5-9-23-16)11-19-18(22)17-10-14(21)12-6-3-4-7-15(12)24-17;/h3-10,13H,11H2,1-2H3,(H,19,22);1H. The number of furan rings is 1. The van der Waals surface area contributed by atoms with Crippen LogP contribution in [0, 0.1) is 0 Å². The minimum Gasteiger partial charge on any atom is -0.468 e. The second kappa shape index (κ2) is 8.00. The molecule has 0 fully saturated rings. The maximum Gasteiger partial charge on any atom is 0.287 e. The van der Waals surface area contributed by atoms with Gasteiger partial charge in [0.25, 0.3) is 5.91 Å². The van der Waals surface area contributed by atoms with Crippen LogP contribution in [-0.2, 0) is 0 Å². The van der Waals surface area contributed by atoms with Crippen molar-refractivity contribution >= 4 is 29.3 Å². The Morgan fingerprint density at radius 2 is 1.96 bits per heavy atom. The van der Waals surface area contributed by atoms with E-state index >= 15 is 0 Å². The van der Waals surface area contributed by atoms with Gasteiger partial charge in [0.2, 0.25) is 0 Å². The smallest absolute Gasteiger partial charge is 0.287 e. The van der Waals surface area contributed by atoms with Gasteiger partial charge in [0, 0.05) is 12.6 Å². The summed E-state index contributed by atoms with van der Waals surface area (Å²) in [5, 5.41) is 3.24. The molecule has 0 aliphatic rings. The van der Waals surface area contributed by atoms with Gasteiger partial charge in [-0.25, -0.2) is 0 Å². The minimum atomic E-state index is -0.434. The normalized spacial score (nSPS) is 12.0. The van der Waals surface area contributed by atoms with Crippen molar-refractivity contribution < 1.29 is 13.6 Å². The van der Waals surface area contributed by atoms with E-state index in [2.05, 4.69) is 5.32 Å². The summed E-state index contributed by atoms with van der Waals surface area (Å²) in [6, 6.07) is 11.6. The number of likely N-dealkylation sites (N-methyl/N-ethyl adjacent to an activating group) is 1. The van der Waals surface area contributed by atoms with Gasteiger partial charge in [-0.05, 0) is 38.4 Å². The van der Waals surface area contributed by atoms with Crippen molar-refractivity contribution in [2.45, 2.75) is 6.04 Å². The molecule has 0 saturated heterocycles. The number of amides is 1. The SMILES string of the molecule is CN(C)C(CNC(=O)c1cc(=O)c2ccccc2o1)c1ccco1.Cl. The van der Waals surface area contributed by atoms with E-state index in [-0.39, 0.29) is 29.6 Å². The molecule has 0 aliphatic heterocycles. The first-order valence-electron chi connectivity index (χ1n) is 7.57. The van der Waals surface area contributed by atoms with Crippen LogP contribution in [0.5, 0.6) is 0 Å². The summed E-state index contributed by atoms with van der Waals surface area (Å²) in [7, 11) is 3.80. The van der Waals surface area contributed by atoms with E-state index in [1.165, 1.54) is 6.07 Å². The zero-order valence-electron chi connectivity index (χ0n) is 13.9. The molecule has 1 N–H and O–H groups in total. The van der Waals surface area contributed by atoms with Crippen LogP contribution in [0.2, 0.25) is 0 Å². The van der Waals surface area contributed by atoms with Gasteiger partial charge < -0.3 is 14.2 Å². The van der Waals surface area contributed by atoms with E-state index in [1.54, 1.807) is 36.6 Å². The molecule has 1 aromatic carbocycles. The monoisotopic (exact) mass is 362 g/mol. The van der Waals surface area contributed by atoms with Crippen molar-refractivity contribution in [3.63, 3.8) is 0 Å². The molecule has 0 aliphatic carbocycles. The number of fused-ring (bicyclic) bond motifs is 1. The predicted octanol–water partition coefficient (Wildman–Crippen LogP) is 2.84. The number of halogens is 1. The van der Waals surface area contributed by atoms with E-state index in [0.717, 1.165) is 5.76 Å². The summed E-state index contributed by atoms with van der Waals surface area (Å²) in [5.74, 6) is 0.312. The number of carbonyl (C=O) groups excluding carboxylic acids is 1. The molecular formula is C18H19ClN2O4. The number of nitrogens with zero attached hydrogens (tertiary/aromatic N) is 1. The number of benzene rings is 1. The lowest BCUT2D eigenvalue weighted by Crippen LogP contribution is -2.34. The molecule has 0 radical (unpaired) electrons. The van der Waals surface area contributed by atoms with Crippen LogP contribution in [0.3, 0.4) is 0 Å². The van der Waals surface area contributed by atoms with Gasteiger partial charge in [-0.15, -0.1) is 12.4 Å². The van der Waals surface area contributed by atoms with E-state index in [4.69, 9.17) is 8.83 Å². The van der Waals surface area contributed by atoms with Crippen LogP contribution in [0.1, 0.15) is 22.4 Å². The largest absolute Gasteiger partial charge is 0.468 e. The van der Waals surface area contributed by atoms with Crippen molar-refractivity contribution in [3.05, 3.63) is 70.5 Å². The molecule has 7 heteroatoms. The molecule has 6 nitrogen and oxygen atoms in total. The Bertz CT molecular complexity index is 903. The Hall–Kier alpha value is -2.57. The maximum atomic E-state index is 12.3. The third-order valence-corrected chi connectivity index (χ3v) is 3.81. The highest BCUT2D eigenvalue weighted by Crippen LogP contribution is 2.18. The summed E-state index contributed by atoms with van der Waals surface area (Å²) in [5.41, 5.74) is 0.155. The molecular weight excluding hydrogens is 344 g/mol. The molecule has 2 heterocycles. The fourth-order valence-corrected chi connectivity index (χ4v) is 2.51. The third kappa shape index (κ3) is 4.10. The highest BCUT2D eigenvalue weighted by atomic mass is 35.5. The van der Waals surface area contributed by atoms with Crippen molar-refractivity contribution in [2.24, 2.45) is 0 Å². The molecule has 2 aromatic heterocycles. The molecule has 3 rings (SSSR count). The number of hydrogen-bond donors (Lipinski definition) is 1. The lowest BCUT2D eigenvalue weighted by atomic mass is 10.2. The molecule has 3 aromatic rings. The number of para-hydroxylation sites is 1. The molecule has 0 spiro atoms. The second-order valence-electron chi connectivity index (χ2n) is 5.68. The van der Waals surface area contributed by atoms with E-state index in [0.29, 0.717) is 17.5 Å². The summed E-state index contributed by atoms with van der Waals surface area (Å²) in [6.07, 6.45) is 1.59. The zero-order valence-corrected chi connectivity index (χ0v) is 14.7. The van der Waals surface area contributed by atoms with Gasteiger partial charge >= 0.3 is 0 Å². The fraction of sp³-hybridized carbons (Fsp3) is 0.222. The van der Waals surface area contributed by atoms with Crippen molar-refractivity contribution in [1.29, 1.82) is 0 Å². The van der Waals surface area contributed by atoms with Crippen LogP contribution < -0.4 is 10.7 Å². The summed E-state index contributed by atoms with van der Waals surface area (Å²) >= 11 is 0. The highest BCUT2D eigenvalue weighted by Gasteiger charge is 2.19. The van der Waals surface area contributed by atoms with Crippen LogP contribution in [-0.4, -0.2) is 31.4 Å². The molecule has 25 heavy (non-hydrogen) atoms. The first-order chi connectivity index (χ1) is 11.6. The van der Waals surface area contributed by atoms with E-state index in [1.807, 2.05) is 25.1 Å². The Morgan fingerprint density at radius 1 is 1.20 bits per heavy atom. The highest BCUT2D eigenvalue weighted by molar-refractivity contribution is 5.93. The lowest BCUT2D eigenvalue weighted by molar-refractivity contribution is 0.0912. The molecule has 0 bridgehead atoms. The van der Waals surface area contributed by atoms with Crippen molar-refractivity contribution in [2.75, 3.05) is 20.6 Å². The Labute approximate surface area is 150 Å². The predicted molar refractivity (Wildman–Crippen MR) is 97.2 cm³/mol. The minimum absolute atomic E-state index is 0. The Kier molecular flexibility index (Phi) is 6.01. The van der Waals surface area contributed by atoms with Gasteiger partial charge in [-0.3, -0.25) is 14.5 Å². The number of carbonyl (C=O) groups is 1. The number of nitrogens with one attached hydrogen (secondary N) is 1. The van der Waals surface area contributed by atoms with Gasteiger partial charge in [0.15, 0.2) is 11.2 Å². The molecule has 1 unspecified atom stereocenters. The molecule has 1 atom stereocenters. The Balaban J connectivity index is 0.00000225. The van der Waals surface area contributed by atoms with Crippen LogP contribution in [0.15, 0.2) is 62.4 Å². The topological polar surface area (TPSA) is 75.7 Å². The van der Waals surface area contributed by atoms with E-state index < -0.39 is 5.91 Å². The number of rotatable bonds is 5. The average Bonchev–Trinajstić information content (AvgIpc) is 3.08. The first-order valence-corrected chi connectivity index (χ1v) is 7.57. The van der Waals surface area contributed by atoms with Crippen LogP contribution in [0.25, 0.3) is 11.0 Å². The average molecular weight is 363 g/mol. The summed E-state index contributed by atoms with van der Waals surface area (Å²) in [4.78, 5) is 26.4. The Morgan fingerprint density at radius 3 is 2.64 bits per heavy atom. The van der Waals surface area contributed by atoms with Gasteiger partial charge in [-0.1, -0.05) is 12.1 Å². The molecule has 1 amide bonds. The third-order valence-electron chi connectivity index (χ3n) is 3.81. The fourth-order valence-electron chi connectivity index (χ4n) is 2.51. The van der Waals surface area contributed by atoms with Gasteiger partial charge in [0.1, 0.15) is 11.3 Å². The summed E-state index contributed by atoms with van der Waals surface area (Å²) in [6.45, 7) is 0.329. The van der Waals surface area contributed by atoms with Crippen molar-refractivity contribution in [1.82, 2.24) is 10.2 Å². The summed E-state index contributed by atoms with van der Waals surface area (Å²) < 4.78 is 10.9. The van der Waals surface area contributed by atoms with Crippen LogP contribution >= 0.6 is 12.4 Å². The van der Waals surface area contributed by atoms with Crippen LogP contribution in [0.4, 0.5) is 0 Å².